The Kier molecular flexibility index (Phi) is 4.61. The van der Waals surface area contributed by atoms with Gasteiger partial charge in [-0.2, -0.15) is 0 Å². The van der Waals surface area contributed by atoms with Crippen molar-refractivity contribution in [3.8, 4) is 0 Å². The Bertz CT molecular complexity index is 1070. The normalized spacial score (nSPS) is 15.3. The molecule has 1 aliphatic rings. The topological polar surface area (TPSA) is 97.8 Å². The fourth-order valence-electron chi connectivity index (χ4n) is 2.85. The molecule has 140 valence electrons. The van der Waals surface area contributed by atoms with Crippen molar-refractivity contribution in [1.82, 2.24) is 4.90 Å². The standard InChI is InChI=1S/C19H17NO6S/c1-11(18(22)20(2)3)26-19(23)12-8-9-14-16(10-12)27(24,25)15-7-5-4-6-13(15)17(14)21/h4-11H,1-3H3/t11-/m1/s1. The van der Waals surface area contributed by atoms with Crippen molar-refractivity contribution < 1.29 is 27.5 Å². The van der Waals surface area contributed by atoms with E-state index in [2.05, 4.69) is 0 Å². The fourth-order valence-corrected chi connectivity index (χ4v) is 4.53. The summed E-state index contributed by atoms with van der Waals surface area (Å²) < 4.78 is 30.8. The number of hydrogen-bond donors (Lipinski definition) is 0. The summed E-state index contributed by atoms with van der Waals surface area (Å²) in [4.78, 5) is 37.7. The molecule has 0 N–H and O–H groups in total. The minimum atomic E-state index is -3.95. The fraction of sp³-hybridized carbons (Fsp3) is 0.211. The molecule has 27 heavy (non-hydrogen) atoms. The number of ether oxygens (including phenoxy) is 1. The van der Waals surface area contributed by atoms with Gasteiger partial charge in [-0.3, -0.25) is 9.59 Å². The lowest BCUT2D eigenvalue weighted by Gasteiger charge is -2.20. The summed E-state index contributed by atoms with van der Waals surface area (Å²) in [5, 5.41) is 0. The maximum atomic E-state index is 12.9. The Balaban J connectivity index is 2.00. The third-order valence-electron chi connectivity index (χ3n) is 4.25. The zero-order chi connectivity index (χ0) is 19.9. The molecule has 0 fully saturated rings. The molecule has 3 rings (SSSR count). The third-order valence-corrected chi connectivity index (χ3v) is 6.10. The average molecular weight is 387 g/mol. The number of likely N-dealkylation sites (N-methyl/N-ethyl adjacent to an activating group) is 1. The predicted molar refractivity (Wildman–Crippen MR) is 95.3 cm³/mol. The first-order valence-corrected chi connectivity index (χ1v) is 9.58. The van der Waals surface area contributed by atoms with E-state index in [-0.39, 0.29) is 26.5 Å². The molecule has 0 bridgehead atoms. The van der Waals surface area contributed by atoms with Gasteiger partial charge in [0.05, 0.1) is 15.4 Å². The van der Waals surface area contributed by atoms with E-state index in [9.17, 15) is 22.8 Å². The first-order chi connectivity index (χ1) is 12.6. The van der Waals surface area contributed by atoms with E-state index < -0.39 is 33.6 Å². The number of amides is 1. The van der Waals surface area contributed by atoms with Gasteiger partial charge in [0.15, 0.2) is 11.9 Å². The monoisotopic (exact) mass is 387 g/mol. The summed E-state index contributed by atoms with van der Waals surface area (Å²) in [7, 11) is -0.894. The lowest BCUT2D eigenvalue weighted by Crippen LogP contribution is -2.35. The van der Waals surface area contributed by atoms with Gasteiger partial charge in [-0.25, -0.2) is 13.2 Å². The van der Waals surface area contributed by atoms with E-state index in [0.717, 1.165) is 6.07 Å². The highest BCUT2D eigenvalue weighted by molar-refractivity contribution is 7.91. The van der Waals surface area contributed by atoms with Crippen LogP contribution in [0.4, 0.5) is 0 Å². The van der Waals surface area contributed by atoms with Gasteiger partial charge in [0.1, 0.15) is 0 Å². The molecule has 2 aromatic carbocycles. The van der Waals surface area contributed by atoms with Crippen LogP contribution < -0.4 is 0 Å². The van der Waals surface area contributed by atoms with Crippen molar-refractivity contribution in [1.29, 1.82) is 0 Å². The Morgan fingerprint density at radius 1 is 1.00 bits per heavy atom. The minimum Gasteiger partial charge on any atom is -0.449 e. The Morgan fingerprint density at radius 2 is 1.63 bits per heavy atom. The Labute approximate surface area is 156 Å². The highest BCUT2D eigenvalue weighted by Gasteiger charge is 2.35. The molecule has 1 heterocycles. The first-order valence-electron chi connectivity index (χ1n) is 8.09. The van der Waals surface area contributed by atoms with E-state index in [1.165, 1.54) is 56.3 Å². The van der Waals surface area contributed by atoms with Gasteiger partial charge >= 0.3 is 5.97 Å². The lowest BCUT2D eigenvalue weighted by atomic mass is 10.0. The van der Waals surface area contributed by atoms with Crippen LogP contribution in [0.25, 0.3) is 0 Å². The van der Waals surface area contributed by atoms with Crippen molar-refractivity contribution in [3.63, 3.8) is 0 Å². The van der Waals surface area contributed by atoms with E-state index in [0.29, 0.717) is 0 Å². The van der Waals surface area contributed by atoms with Crippen LogP contribution in [0, 0.1) is 0 Å². The van der Waals surface area contributed by atoms with Crippen LogP contribution in [0.5, 0.6) is 0 Å². The molecule has 0 radical (unpaired) electrons. The van der Waals surface area contributed by atoms with E-state index in [1.807, 2.05) is 0 Å². The molecule has 0 unspecified atom stereocenters. The molecule has 0 saturated carbocycles. The number of rotatable bonds is 3. The second-order valence-electron chi connectivity index (χ2n) is 6.32. The second-order valence-corrected chi connectivity index (χ2v) is 8.21. The van der Waals surface area contributed by atoms with Crippen molar-refractivity contribution in [2.24, 2.45) is 0 Å². The number of nitrogens with zero attached hydrogens (tertiary/aromatic N) is 1. The SMILES string of the molecule is C[C@@H](OC(=O)c1ccc2c(c1)S(=O)(=O)c1ccccc1C2=O)C(=O)N(C)C. The molecule has 0 aliphatic carbocycles. The molecular weight excluding hydrogens is 370 g/mol. The maximum Gasteiger partial charge on any atom is 0.338 e. The van der Waals surface area contributed by atoms with Crippen LogP contribution in [0.15, 0.2) is 52.3 Å². The van der Waals surface area contributed by atoms with Gasteiger partial charge in [-0.1, -0.05) is 12.1 Å². The number of hydrogen-bond acceptors (Lipinski definition) is 6. The Hall–Kier alpha value is -3.00. The summed E-state index contributed by atoms with van der Waals surface area (Å²) in [6.07, 6.45) is -1.03. The lowest BCUT2D eigenvalue weighted by molar-refractivity contribution is -0.137. The van der Waals surface area contributed by atoms with Crippen LogP contribution in [0.2, 0.25) is 0 Å². The van der Waals surface area contributed by atoms with Crippen molar-refractivity contribution in [3.05, 3.63) is 59.2 Å². The van der Waals surface area contributed by atoms with E-state index >= 15 is 0 Å². The number of ketones is 1. The van der Waals surface area contributed by atoms with Crippen molar-refractivity contribution in [2.75, 3.05) is 14.1 Å². The van der Waals surface area contributed by atoms with Crippen LogP contribution >= 0.6 is 0 Å². The first kappa shape index (κ1) is 18.8. The van der Waals surface area contributed by atoms with Crippen LogP contribution in [-0.2, 0) is 19.4 Å². The number of sulfone groups is 1. The van der Waals surface area contributed by atoms with Crippen molar-refractivity contribution >= 4 is 27.5 Å². The third kappa shape index (κ3) is 3.12. The summed E-state index contributed by atoms with van der Waals surface area (Å²) in [5.74, 6) is -1.67. The van der Waals surface area contributed by atoms with Crippen LogP contribution in [0.1, 0.15) is 33.2 Å². The average Bonchev–Trinajstić information content (AvgIpc) is 2.65. The quantitative estimate of drug-likeness (QED) is 0.635. The number of esters is 1. The highest BCUT2D eigenvalue weighted by atomic mass is 32.2. The molecule has 2 aromatic rings. The molecule has 1 aliphatic heterocycles. The molecule has 0 spiro atoms. The molecular formula is C19H17NO6S. The molecule has 1 atom stereocenters. The summed E-state index contributed by atoms with van der Waals surface area (Å²) >= 11 is 0. The maximum absolute atomic E-state index is 12.9. The zero-order valence-corrected chi connectivity index (χ0v) is 15.7. The number of carbonyl (C=O) groups excluding carboxylic acids is 3. The molecule has 1 amide bonds. The smallest absolute Gasteiger partial charge is 0.338 e. The minimum absolute atomic E-state index is 0.00247. The number of fused-ring (bicyclic) bond motifs is 2. The summed E-state index contributed by atoms with van der Waals surface area (Å²) in [5.41, 5.74) is 0.0520. The molecule has 7 nitrogen and oxygen atoms in total. The van der Waals surface area contributed by atoms with Gasteiger partial charge in [-0.15, -0.1) is 0 Å². The number of benzene rings is 2. The predicted octanol–water partition coefficient (Wildman–Crippen LogP) is 1.70. The van der Waals surface area contributed by atoms with Gasteiger partial charge in [0.25, 0.3) is 5.91 Å². The van der Waals surface area contributed by atoms with Gasteiger partial charge in [0, 0.05) is 25.2 Å². The highest BCUT2D eigenvalue weighted by Crippen LogP contribution is 2.34. The Morgan fingerprint density at radius 3 is 2.30 bits per heavy atom. The van der Waals surface area contributed by atoms with Crippen molar-refractivity contribution in [2.45, 2.75) is 22.8 Å². The van der Waals surface area contributed by atoms with E-state index in [4.69, 9.17) is 4.74 Å². The summed E-state index contributed by atoms with van der Waals surface area (Å²) in [6, 6.07) is 9.65. The molecule has 0 saturated heterocycles. The van der Waals surface area contributed by atoms with Crippen LogP contribution in [-0.4, -0.2) is 51.2 Å². The zero-order valence-electron chi connectivity index (χ0n) is 14.9. The van der Waals surface area contributed by atoms with Gasteiger partial charge in [-0.05, 0) is 37.3 Å². The summed E-state index contributed by atoms with van der Waals surface area (Å²) in [6.45, 7) is 1.43. The molecule has 8 heteroatoms. The van der Waals surface area contributed by atoms with Gasteiger partial charge < -0.3 is 9.64 Å². The van der Waals surface area contributed by atoms with Crippen LogP contribution in [0.3, 0.4) is 0 Å². The van der Waals surface area contributed by atoms with E-state index in [1.54, 1.807) is 6.07 Å². The largest absolute Gasteiger partial charge is 0.449 e. The van der Waals surface area contributed by atoms with Gasteiger partial charge in [0.2, 0.25) is 9.84 Å². The molecule has 0 aromatic heterocycles. The second kappa shape index (κ2) is 6.62. The number of carbonyl (C=O) groups is 3.